The third-order valence-corrected chi connectivity index (χ3v) is 1.99. The molecule has 0 saturated carbocycles. The molecule has 0 bridgehead atoms. The number of benzene rings is 1. The Kier molecular flexibility index (Phi) is 3.33. The molecule has 1 aromatic rings. The quantitative estimate of drug-likeness (QED) is 0.635. The first-order chi connectivity index (χ1) is 5.74. The van der Waals surface area contributed by atoms with Gasteiger partial charge in [0.1, 0.15) is 0 Å². The van der Waals surface area contributed by atoms with E-state index in [1.165, 1.54) is 11.1 Å². The minimum atomic E-state index is 0.384. The lowest BCUT2D eigenvalue weighted by Gasteiger charge is -2.06. The van der Waals surface area contributed by atoms with Gasteiger partial charge in [0, 0.05) is 0 Å². The predicted octanol–water partition coefficient (Wildman–Crippen LogP) is 3.39. The molecular formula is C12H16. The molecule has 64 valence electrons. The molecule has 1 unspecified atom stereocenters. The number of aryl methyl sites for hydroxylation is 1. The van der Waals surface area contributed by atoms with Gasteiger partial charge in [0.15, 0.2) is 0 Å². The second kappa shape index (κ2) is 4.30. The standard InChI is InChI=1S/C12H16/c1-4-6-11-7-5-8-12(9-11)10(2)3/h5,7-10H,1-2,4,6H2,3H3. The van der Waals surface area contributed by atoms with Crippen LogP contribution in [0.5, 0.6) is 0 Å². The van der Waals surface area contributed by atoms with Gasteiger partial charge in [0.2, 0.25) is 0 Å². The summed E-state index contributed by atoms with van der Waals surface area (Å²) in [5.41, 5.74) is 2.69. The topological polar surface area (TPSA) is 0 Å². The van der Waals surface area contributed by atoms with Crippen molar-refractivity contribution in [2.24, 2.45) is 0 Å². The predicted molar refractivity (Wildman–Crippen MR) is 53.9 cm³/mol. The monoisotopic (exact) mass is 160 g/mol. The third kappa shape index (κ3) is 2.37. The second-order valence-corrected chi connectivity index (χ2v) is 3.25. The van der Waals surface area contributed by atoms with Gasteiger partial charge in [-0.05, 0) is 36.8 Å². The molecule has 2 radical (unpaired) electrons. The molecule has 0 heterocycles. The first kappa shape index (κ1) is 9.31. The zero-order valence-electron chi connectivity index (χ0n) is 7.72. The van der Waals surface area contributed by atoms with Gasteiger partial charge in [-0.2, -0.15) is 0 Å². The van der Waals surface area contributed by atoms with Gasteiger partial charge in [0.05, 0.1) is 0 Å². The maximum Gasteiger partial charge on any atom is -0.0190 e. The Hall–Kier alpha value is -0.780. The van der Waals surface area contributed by atoms with Crippen LogP contribution in [0.4, 0.5) is 0 Å². The van der Waals surface area contributed by atoms with Crippen molar-refractivity contribution in [1.82, 2.24) is 0 Å². The molecule has 0 N–H and O–H groups in total. The zero-order chi connectivity index (χ0) is 8.97. The van der Waals surface area contributed by atoms with Crippen molar-refractivity contribution in [1.29, 1.82) is 0 Å². The molecule has 0 aromatic heterocycles. The summed E-state index contributed by atoms with van der Waals surface area (Å²) in [5, 5.41) is 0. The first-order valence-corrected chi connectivity index (χ1v) is 4.45. The second-order valence-electron chi connectivity index (χ2n) is 3.25. The minimum Gasteiger partial charge on any atom is -0.0617 e. The molecule has 0 amide bonds. The van der Waals surface area contributed by atoms with Crippen molar-refractivity contribution in [3.63, 3.8) is 0 Å². The van der Waals surface area contributed by atoms with Gasteiger partial charge in [-0.3, -0.25) is 0 Å². The Morgan fingerprint density at radius 3 is 2.75 bits per heavy atom. The van der Waals surface area contributed by atoms with Crippen LogP contribution in [-0.4, -0.2) is 0 Å². The Bertz CT molecular complexity index is 236. The van der Waals surface area contributed by atoms with Crippen LogP contribution in [0.1, 0.15) is 30.4 Å². The smallest absolute Gasteiger partial charge is 0.0190 e. The van der Waals surface area contributed by atoms with E-state index in [-0.39, 0.29) is 0 Å². The summed E-state index contributed by atoms with van der Waals surface area (Å²) in [5.74, 6) is 0.384. The van der Waals surface area contributed by atoms with E-state index in [2.05, 4.69) is 45.0 Å². The van der Waals surface area contributed by atoms with E-state index in [1.807, 2.05) is 0 Å². The summed E-state index contributed by atoms with van der Waals surface area (Å²) in [4.78, 5) is 0. The lowest BCUT2D eigenvalue weighted by molar-refractivity contribution is 0.941. The van der Waals surface area contributed by atoms with Crippen molar-refractivity contribution in [2.75, 3.05) is 0 Å². The highest BCUT2D eigenvalue weighted by molar-refractivity contribution is 5.26. The maximum atomic E-state index is 3.99. The first-order valence-electron chi connectivity index (χ1n) is 4.45. The van der Waals surface area contributed by atoms with E-state index in [4.69, 9.17) is 0 Å². The van der Waals surface area contributed by atoms with Gasteiger partial charge in [-0.15, -0.1) is 0 Å². The molecule has 0 saturated heterocycles. The Morgan fingerprint density at radius 2 is 2.17 bits per heavy atom. The van der Waals surface area contributed by atoms with E-state index >= 15 is 0 Å². The highest BCUT2D eigenvalue weighted by atomic mass is 14.0. The molecule has 0 spiro atoms. The zero-order valence-corrected chi connectivity index (χ0v) is 7.72. The van der Waals surface area contributed by atoms with Crippen LogP contribution >= 0.6 is 0 Å². The van der Waals surface area contributed by atoms with Crippen LogP contribution in [0.3, 0.4) is 0 Å². The number of hydrogen-bond donors (Lipinski definition) is 0. The summed E-state index contributed by atoms with van der Waals surface area (Å²) < 4.78 is 0. The average Bonchev–Trinajstić information content (AvgIpc) is 2.05. The molecule has 0 aliphatic carbocycles. The number of rotatable bonds is 3. The summed E-state index contributed by atoms with van der Waals surface area (Å²) >= 11 is 0. The van der Waals surface area contributed by atoms with Crippen molar-refractivity contribution < 1.29 is 0 Å². The molecule has 0 aliphatic heterocycles. The van der Waals surface area contributed by atoms with E-state index in [1.54, 1.807) is 0 Å². The Balaban J connectivity index is 2.81. The van der Waals surface area contributed by atoms with E-state index in [9.17, 15) is 0 Å². The van der Waals surface area contributed by atoms with Crippen molar-refractivity contribution in [2.45, 2.75) is 25.7 Å². The lowest BCUT2D eigenvalue weighted by Crippen LogP contribution is -1.90. The molecule has 0 nitrogen and oxygen atoms in total. The lowest BCUT2D eigenvalue weighted by atomic mass is 9.99. The molecule has 1 atom stereocenters. The molecule has 0 aliphatic rings. The van der Waals surface area contributed by atoms with Gasteiger partial charge < -0.3 is 0 Å². The summed E-state index contributed by atoms with van der Waals surface area (Å²) in [6, 6.07) is 8.60. The van der Waals surface area contributed by atoms with Crippen LogP contribution in [0.15, 0.2) is 24.3 Å². The maximum absolute atomic E-state index is 3.99. The molecule has 0 heteroatoms. The Labute approximate surface area is 75.6 Å². The Morgan fingerprint density at radius 1 is 1.42 bits per heavy atom. The fraction of sp³-hybridized carbons (Fsp3) is 0.333. The van der Waals surface area contributed by atoms with Crippen LogP contribution in [0.25, 0.3) is 0 Å². The van der Waals surface area contributed by atoms with Crippen molar-refractivity contribution in [3.8, 4) is 0 Å². The van der Waals surface area contributed by atoms with Crippen LogP contribution in [0.2, 0.25) is 0 Å². The van der Waals surface area contributed by atoms with Crippen molar-refractivity contribution >= 4 is 0 Å². The molecule has 1 rings (SSSR count). The normalized spacial score (nSPS) is 10.7. The van der Waals surface area contributed by atoms with Gasteiger partial charge in [0.25, 0.3) is 0 Å². The fourth-order valence-electron chi connectivity index (χ4n) is 1.26. The largest absolute Gasteiger partial charge is 0.0617 e. The minimum absolute atomic E-state index is 0.384. The van der Waals surface area contributed by atoms with E-state index in [0.717, 1.165) is 12.8 Å². The van der Waals surface area contributed by atoms with Gasteiger partial charge >= 0.3 is 0 Å². The SMILES string of the molecule is [CH2]CCc1cccc(C([CH2])C)c1. The summed E-state index contributed by atoms with van der Waals surface area (Å²) in [6.45, 7) is 9.95. The highest BCUT2D eigenvalue weighted by Crippen LogP contribution is 2.15. The van der Waals surface area contributed by atoms with Gasteiger partial charge in [-0.25, -0.2) is 0 Å². The van der Waals surface area contributed by atoms with E-state index in [0.29, 0.717) is 5.92 Å². The van der Waals surface area contributed by atoms with Gasteiger partial charge in [-0.1, -0.05) is 38.1 Å². The third-order valence-electron chi connectivity index (χ3n) is 1.99. The van der Waals surface area contributed by atoms with E-state index < -0.39 is 0 Å². The fourth-order valence-corrected chi connectivity index (χ4v) is 1.26. The van der Waals surface area contributed by atoms with Crippen LogP contribution in [-0.2, 0) is 6.42 Å². The number of hydrogen-bond acceptors (Lipinski definition) is 0. The molecule has 12 heavy (non-hydrogen) atoms. The average molecular weight is 160 g/mol. The molecular weight excluding hydrogens is 144 g/mol. The van der Waals surface area contributed by atoms with Crippen LogP contribution in [0, 0.1) is 13.8 Å². The molecule has 0 fully saturated rings. The summed E-state index contributed by atoms with van der Waals surface area (Å²) in [6.07, 6.45) is 2.04. The van der Waals surface area contributed by atoms with Crippen LogP contribution < -0.4 is 0 Å². The highest BCUT2D eigenvalue weighted by Gasteiger charge is 1.98. The molecule has 1 aromatic carbocycles. The van der Waals surface area contributed by atoms with Crippen molar-refractivity contribution in [3.05, 3.63) is 49.2 Å². The summed E-state index contributed by atoms with van der Waals surface area (Å²) in [7, 11) is 0.